The van der Waals surface area contributed by atoms with Crippen molar-refractivity contribution in [2.24, 2.45) is 5.92 Å². The molecule has 1 aliphatic heterocycles. The van der Waals surface area contributed by atoms with Crippen molar-refractivity contribution in [1.82, 2.24) is 10.3 Å². The van der Waals surface area contributed by atoms with Crippen molar-refractivity contribution in [2.45, 2.75) is 12.3 Å². The second-order valence-corrected chi connectivity index (χ2v) is 6.77. The lowest BCUT2D eigenvalue weighted by molar-refractivity contribution is -0.117. The van der Waals surface area contributed by atoms with Crippen molar-refractivity contribution < 1.29 is 9.18 Å². The SMILES string of the molecule is O=C(CC1CNCC1c1ccc(F)cc1)Nc1ccc2cnccc2c1. The van der Waals surface area contributed by atoms with Crippen molar-refractivity contribution in [2.75, 3.05) is 18.4 Å². The molecular formula is C21H20FN3O. The van der Waals surface area contributed by atoms with Gasteiger partial charge in [0.2, 0.25) is 5.91 Å². The number of nitrogens with zero attached hydrogens (tertiary/aromatic N) is 1. The van der Waals surface area contributed by atoms with Gasteiger partial charge in [-0.3, -0.25) is 9.78 Å². The normalized spacial score (nSPS) is 19.6. The number of halogens is 1. The summed E-state index contributed by atoms with van der Waals surface area (Å²) in [5.74, 6) is 0.189. The summed E-state index contributed by atoms with van der Waals surface area (Å²) in [5.41, 5.74) is 1.87. The van der Waals surface area contributed by atoms with Crippen LogP contribution in [-0.2, 0) is 4.79 Å². The molecule has 2 unspecified atom stereocenters. The highest BCUT2D eigenvalue weighted by Gasteiger charge is 2.30. The van der Waals surface area contributed by atoms with Crippen molar-refractivity contribution in [3.8, 4) is 0 Å². The van der Waals surface area contributed by atoms with E-state index in [-0.39, 0.29) is 23.6 Å². The molecule has 1 aromatic heterocycles. The fourth-order valence-electron chi connectivity index (χ4n) is 3.66. The summed E-state index contributed by atoms with van der Waals surface area (Å²) in [7, 11) is 0. The molecule has 26 heavy (non-hydrogen) atoms. The number of amides is 1. The van der Waals surface area contributed by atoms with E-state index in [0.29, 0.717) is 6.42 Å². The fourth-order valence-corrected chi connectivity index (χ4v) is 3.66. The lowest BCUT2D eigenvalue weighted by Gasteiger charge is -2.18. The Morgan fingerprint density at radius 2 is 1.96 bits per heavy atom. The Kier molecular flexibility index (Phi) is 4.63. The molecule has 0 aliphatic carbocycles. The highest BCUT2D eigenvalue weighted by Crippen LogP contribution is 2.31. The third-order valence-electron chi connectivity index (χ3n) is 5.01. The van der Waals surface area contributed by atoms with Crippen molar-refractivity contribution in [3.63, 3.8) is 0 Å². The zero-order valence-corrected chi connectivity index (χ0v) is 14.3. The van der Waals surface area contributed by atoms with E-state index in [1.54, 1.807) is 12.4 Å². The zero-order valence-electron chi connectivity index (χ0n) is 14.3. The summed E-state index contributed by atoms with van der Waals surface area (Å²) in [6.45, 7) is 1.60. The second kappa shape index (κ2) is 7.22. The molecule has 5 heteroatoms. The maximum atomic E-state index is 13.2. The average Bonchev–Trinajstić information content (AvgIpc) is 3.10. The van der Waals surface area contributed by atoms with Gasteiger partial charge in [-0.1, -0.05) is 18.2 Å². The molecule has 1 aliphatic rings. The van der Waals surface area contributed by atoms with Crippen LogP contribution in [0.25, 0.3) is 10.8 Å². The molecule has 4 rings (SSSR count). The van der Waals surface area contributed by atoms with Crippen LogP contribution >= 0.6 is 0 Å². The zero-order chi connectivity index (χ0) is 17.9. The Balaban J connectivity index is 1.43. The van der Waals surface area contributed by atoms with Crippen molar-refractivity contribution in [3.05, 3.63) is 72.3 Å². The third kappa shape index (κ3) is 3.58. The Morgan fingerprint density at radius 3 is 2.81 bits per heavy atom. The van der Waals surface area contributed by atoms with Gasteiger partial charge in [-0.05, 0) is 53.7 Å². The predicted molar refractivity (Wildman–Crippen MR) is 100 cm³/mol. The fraction of sp³-hybridized carbons (Fsp3) is 0.238. The van der Waals surface area contributed by atoms with E-state index in [9.17, 15) is 9.18 Å². The first-order valence-electron chi connectivity index (χ1n) is 8.79. The lowest BCUT2D eigenvalue weighted by Crippen LogP contribution is -2.21. The van der Waals surface area contributed by atoms with E-state index in [2.05, 4.69) is 15.6 Å². The number of hydrogen-bond donors (Lipinski definition) is 2. The number of carbonyl (C=O) groups excluding carboxylic acids is 1. The molecule has 1 amide bonds. The van der Waals surface area contributed by atoms with Gasteiger partial charge in [-0.2, -0.15) is 0 Å². The van der Waals surface area contributed by atoms with Gasteiger partial charge in [0.15, 0.2) is 0 Å². The quantitative estimate of drug-likeness (QED) is 0.755. The van der Waals surface area contributed by atoms with Crippen LogP contribution < -0.4 is 10.6 Å². The minimum absolute atomic E-state index is 0.000724. The number of anilines is 1. The number of pyridine rings is 1. The topological polar surface area (TPSA) is 54.0 Å². The van der Waals surface area contributed by atoms with Gasteiger partial charge >= 0.3 is 0 Å². The number of fused-ring (bicyclic) bond motifs is 1. The van der Waals surface area contributed by atoms with Gasteiger partial charge in [0.05, 0.1) is 0 Å². The van der Waals surface area contributed by atoms with E-state index in [4.69, 9.17) is 0 Å². The van der Waals surface area contributed by atoms with Crippen LogP contribution in [0.1, 0.15) is 17.9 Å². The molecule has 1 saturated heterocycles. The largest absolute Gasteiger partial charge is 0.326 e. The van der Waals surface area contributed by atoms with Crippen LogP contribution in [0.15, 0.2) is 60.9 Å². The summed E-state index contributed by atoms with van der Waals surface area (Å²) >= 11 is 0. The molecule has 2 heterocycles. The molecular weight excluding hydrogens is 329 g/mol. The molecule has 0 saturated carbocycles. The second-order valence-electron chi connectivity index (χ2n) is 6.77. The molecule has 0 bridgehead atoms. The molecule has 1 fully saturated rings. The smallest absolute Gasteiger partial charge is 0.224 e. The van der Waals surface area contributed by atoms with Crippen LogP contribution in [0.2, 0.25) is 0 Å². The van der Waals surface area contributed by atoms with Crippen LogP contribution in [0.5, 0.6) is 0 Å². The van der Waals surface area contributed by atoms with E-state index >= 15 is 0 Å². The standard InChI is InChI=1S/C21H20FN3O/c22-18-4-1-14(2-5-18)20-13-24-12-17(20)10-21(26)25-19-6-3-16-11-23-8-7-15(16)9-19/h1-9,11,17,20,24H,10,12-13H2,(H,25,26). The summed E-state index contributed by atoms with van der Waals surface area (Å²) in [5, 5.41) is 8.43. The summed E-state index contributed by atoms with van der Waals surface area (Å²) in [4.78, 5) is 16.6. The van der Waals surface area contributed by atoms with E-state index in [0.717, 1.165) is 35.1 Å². The van der Waals surface area contributed by atoms with Crippen LogP contribution in [-0.4, -0.2) is 24.0 Å². The third-order valence-corrected chi connectivity index (χ3v) is 5.01. The molecule has 3 aromatic rings. The molecule has 4 nitrogen and oxygen atoms in total. The number of hydrogen-bond acceptors (Lipinski definition) is 3. The van der Waals surface area contributed by atoms with Crippen LogP contribution in [0, 0.1) is 11.7 Å². The van der Waals surface area contributed by atoms with Gasteiger partial charge in [0.25, 0.3) is 0 Å². The maximum Gasteiger partial charge on any atom is 0.224 e. The minimum Gasteiger partial charge on any atom is -0.326 e. The Bertz CT molecular complexity index is 926. The van der Waals surface area contributed by atoms with E-state index < -0.39 is 0 Å². The number of benzene rings is 2. The first kappa shape index (κ1) is 16.7. The highest BCUT2D eigenvalue weighted by molar-refractivity contribution is 5.94. The summed E-state index contributed by atoms with van der Waals surface area (Å²) < 4.78 is 13.2. The summed E-state index contributed by atoms with van der Waals surface area (Å²) in [6.07, 6.45) is 3.98. The Labute approximate surface area is 151 Å². The molecule has 2 N–H and O–H groups in total. The van der Waals surface area contributed by atoms with E-state index in [1.165, 1.54) is 12.1 Å². The van der Waals surface area contributed by atoms with Crippen molar-refractivity contribution in [1.29, 1.82) is 0 Å². The Morgan fingerprint density at radius 1 is 1.12 bits per heavy atom. The number of nitrogens with one attached hydrogen (secondary N) is 2. The number of carbonyl (C=O) groups is 1. The first-order chi connectivity index (χ1) is 12.7. The summed E-state index contributed by atoms with van der Waals surface area (Å²) in [6, 6.07) is 14.3. The van der Waals surface area contributed by atoms with Gasteiger partial charge in [-0.25, -0.2) is 4.39 Å². The number of rotatable bonds is 4. The lowest BCUT2D eigenvalue weighted by atomic mass is 9.86. The van der Waals surface area contributed by atoms with Crippen molar-refractivity contribution >= 4 is 22.4 Å². The van der Waals surface area contributed by atoms with Gasteiger partial charge < -0.3 is 10.6 Å². The molecule has 132 valence electrons. The highest BCUT2D eigenvalue weighted by atomic mass is 19.1. The van der Waals surface area contributed by atoms with Crippen LogP contribution in [0.3, 0.4) is 0 Å². The molecule has 0 radical (unpaired) electrons. The van der Waals surface area contributed by atoms with Gasteiger partial charge in [-0.15, -0.1) is 0 Å². The van der Waals surface area contributed by atoms with Gasteiger partial charge in [0.1, 0.15) is 5.82 Å². The van der Waals surface area contributed by atoms with Crippen LogP contribution in [0.4, 0.5) is 10.1 Å². The molecule has 0 spiro atoms. The number of aromatic nitrogens is 1. The average molecular weight is 349 g/mol. The molecule has 2 atom stereocenters. The maximum absolute atomic E-state index is 13.2. The predicted octanol–water partition coefficient (Wildman–Crippen LogP) is 3.71. The molecule has 2 aromatic carbocycles. The first-order valence-corrected chi connectivity index (χ1v) is 8.79. The van der Waals surface area contributed by atoms with E-state index in [1.807, 2.05) is 36.4 Å². The van der Waals surface area contributed by atoms with Gasteiger partial charge in [0, 0.05) is 42.4 Å². The Hall–Kier alpha value is -2.79. The monoisotopic (exact) mass is 349 g/mol. The minimum atomic E-state index is -0.236.